The van der Waals surface area contributed by atoms with Crippen molar-refractivity contribution in [3.63, 3.8) is 0 Å². The number of rotatable bonds is 8. The lowest BCUT2D eigenvalue weighted by Gasteiger charge is -2.28. The first kappa shape index (κ1) is 25.8. The number of ketones is 1. The van der Waals surface area contributed by atoms with Crippen LogP contribution in [0.4, 0.5) is 0 Å². The Balaban J connectivity index is 1.85. The fourth-order valence-corrected chi connectivity index (χ4v) is 4.96. The number of benzene rings is 2. The largest absolute Gasteiger partial charge is 0.507 e. The van der Waals surface area contributed by atoms with E-state index in [0.717, 1.165) is 13.1 Å². The predicted octanol–water partition coefficient (Wildman–Crippen LogP) is 3.70. The van der Waals surface area contributed by atoms with Gasteiger partial charge in [0, 0.05) is 18.7 Å². The van der Waals surface area contributed by atoms with Gasteiger partial charge in [-0.2, -0.15) is 0 Å². The van der Waals surface area contributed by atoms with E-state index in [0.29, 0.717) is 46.9 Å². The summed E-state index contributed by atoms with van der Waals surface area (Å²) in [5, 5.41) is 21.7. The lowest BCUT2D eigenvalue weighted by Crippen LogP contribution is -2.38. The fourth-order valence-electron chi connectivity index (χ4n) is 4.50. The number of ether oxygens (including phenoxy) is 3. The van der Waals surface area contributed by atoms with Gasteiger partial charge in [0.15, 0.2) is 23.0 Å². The van der Waals surface area contributed by atoms with Crippen molar-refractivity contribution in [2.75, 3.05) is 46.5 Å². The number of aliphatic hydroxyl groups excluding tert-OH is 1. The number of carbonyl (C=O) groups is 2. The summed E-state index contributed by atoms with van der Waals surface area (Å²) in [5.74, 6) is -0.734. The second kappa shape index (κ2) is 10.8. The smallest absolute Gasteiger partial charge is 0.295 e. The van der Waals surface area contributed by atoms with E-state index in [1.54, 1.807) is 30.3 Å². The lowest BCUT2D eigenvalue weighted by molar-refractivity contribution is -0.140. The summed E-state index contributed by atoms with van der Waals surface area (Å²) >= 11 is 3.33. The summed E-state index contributed by atoms with van der Waals surface area (Å²) in [6, 6.07) is 7.18. The number of phenolic OH excluding ortho intramolecular Hbond substituents is 1. The molecule has 192 valence electrons. The molecule has 1 fully saturated rings. The molecule has 2 heterocycles. The number of amides is 1. The molecule has 0 unspecified atom stereocenters. The number of fused-ring (bicyclic) bond motifs is 1. The molecule has 36 heavy (non-hydrogen) atoms. The molecule has 0 aromatic heterocycles. The molecule has 1 atom stereocenters. The third kappa shape index (κ3) is 4.75. The molecule has 2 aromatic rings. The second-order valence-electron chi connectivity index (χ2n) is 8.43. The minimum absolute atomic E-state index is 0.0455. The summed E-state index contributed by atoms with van der Waals surface area (Å²) in [6.45, 7) is 7.26. The quantitative estimate of drug-likeness (QED) is 0.286. The summed E-state index contributed by atoms with van der Waals surface area (Å²) in [4.78, 5) is 30.2. The molecular formula is C26H29BrN2O7. The van der Waals surface area contributed by atoms with Gasteiger partial charge >= 0.3 is 0 Å². The average molecular weight is 561 g/mol. The molecular weight excluding hydrogens is 532 g/mol. The minimum atomic E-state index is -0.889. The van der Waals surface area contributed by atoms with Crippen molar-refractivity contribution in [3.05, 3.63) is 51.5 Å². The van der Waals surface area contributed by atoms with E-state index < -0.39 is 17.7 Å². The van der Waals surface area contributed by atoms with Crippen LogP contribution in [0, 0.1) is 0 Å². The van der Waals surface area contributed by atoms with Crippen molar-refractivity contribution in [3.8, 4) is 23.0 Å². The standard InChI is InChI=1S/C26H29BrN2O7/c1-4-28(5-2)8-9-29-22(16-12-17(27)24(31)20(14-16)34-3)21(25(32)26(29)33)23(30)15-6-7-18-19(13-15)36-11-10-35-18/h6-7,12-14,22,30-31H,4-5,8-11H2,1-3H3/b23-21+/t22-/m1/s1. The summed E-state index contributed by atoms with van der Waals surface area (Å²) < 4.78 is 16.8. The van der Waals surface area contributed by atoms with E-state index in [2.05, 4.69) is 20.8 Å². The zero-order chi connectivity index (χ0) is 26.0. The van der Waals surface area contributed by atoms with Crippen LogP contribution in [0.15, 0.2) is 40.4 Å². The van der Waals surface area contributed by atoms with Crippen LogP contribution in [0.25, 0.3) is 5.76 Å². The molecule has 9 nitrogen and oxygen atoms in total. The molecule has 0 saturated carbocycles. The molecule has 2 aromatic carbocycles. The molecule has 10 heteroatoms. The van der Waals surface area contributed by atoms with Crippen LogP contribution < -0.4 is 14.2 Å². The number of aliphatic hydroxyl groups is 1. The maximum Gasteiger partial charge on any atom is 0.295 e. The molecule has 0 aliphatic carbocycles. The number of phenols is 1. The van der Waals surface area contributed by atoms with Gasteiger partial charge in [0.05, 0.1) is 23.2 Å². The van der Waals surface area contributed by atoms with Crippen LogP contribution in [0.5, 0.6) is 23.0 Å². The minimum Gasteiger partial charge on any atom is -0.507 e. The SMILES string of the molecule is CCN(CC)CCN1C(=O)C(=O)/C(=C(/O)c2ccc3c(c2)OCCO3)[C@H]1c1cc(Br)c(O)c(OC)c1. The number of hydrogen-bond acceptors (Lipinski definition) is 8. The number of halogens is 1. The van der Waals surface area contributed by atoms with Crippen LogP contribution >= 0.6 is 15.9 Å². The Kier molecular flexibility index (Phi) is 7.75. The van der Waals surface area contributed by atoms with Gasteiger partial charge in [0.25, 0.3) is 11.7 Å². The van der Waals surface area contributed by atoms with Gasteiger partial charge in [0.2, 0.25) is 0 Å². The van der Waals surface area contributed by atoms with Crippen molar-refractivity contribution in [1.82, 2.24) is 9.80 Å². The number of aromatic hydroxyl groups is 1. The molecule has 0 radical (unpaired) electrons. The van der Waals surface area contributed by atoms with Gasteiger partial charge in [-0.25, -0.2) is 0 Å². The highest BCUT2D eigenvalue weighted by molar-refractivity contribution is 9.10. The van der Waals surface area contributed by atoms with Crippen molar-refractivity contribution in [2.24, 2.45) is 0 Å². The summed E-state index contributed by atoms with van der Waals surface area (Å²) in [7, 11) is 1.41. The zero-order valence-electron chi connectivity index (χ0n) is 20.4. The van der Waals surface area contributed by atoms with E-state index in [1.807, 2.05) is 13.8 Å². The topological polar surface area (TPSA) is 109 Å². The zero-order valence-corrected chi connectivity index (χ0v) is 22.0. The lowest BCUT2D eigenvalue weighted by atomic mass is 9.94. The van der Waals surface area contributed by atoms with Crippen molar-refractivity contribution in [1.29, 1.82) is 0 Å². The highest BCUT2D eigenvalue weighted by Gasteiger charge is 2.46. The average Bonchev–Trinajstić information content (AvgIpc) is 3.15. The van der Waals surface area contributed by atoms with Gasteiger partial charge in [-0.3, -0.25) is 9.59 Å². The Bertz CT molecular complexity index is 1210. The fraction of sp³-hybridized carbons (Fsp3) is 0.385. The Hall–Kier alpha value is -3.24. The highest BCUT2D eigenvalue weighted by atomic mass is 79.9. The normalized spacial score (nSPS) is 18.7. The number of likely N-dealkylation sites (N-methyl/N-ethyl adjacent to an activating group) is 1. The molecule has 0 bridgehead atoms. The van der Waals surface area contributed by atoms with Crippen LogP contribution in [0.2, 0.25) is 0 Å². The molecule has 2 aliphatic heterocycles. The first-order chi connectivity index (χ1) is 17.3. The molecule has 4 rings (SSSR count). The molecule has 0 spiro atoms. The number of likely N-dealkylation sites (tertiary alicyclic amines) is 1. The van der Waals surface area contributed by atoms with Gasteiger partial charge < -0.3 is 34.2 Å². The summed E-state index contributed by atoms with van der Waals surface area (Å²) in [5.41, 5.74) is 0.793. The van der Waals surface area contributed by atoms with Gasteiger partial charge in [-0.15, -0.1) is 0 Å². The monoisotopic (exact) mass is 560 g/mol. The Morgan fingerprint density at radius 2 is 1.83 bits per heavy atom. The maximum atomic E-state index is 13.3. The predicted molar refractivity (Wildman–Crippen MR) is 137 cm³/mol. The van der Waals surface area contributed by atoms with Crippen molar-refractivity contribution in [2.45, 2.75) is 19.9 Å². The van der Waals surface area contributed by atoms with Gasteiger partial charge in [0.1, 0.15) is 19.0 Å². The van der Waals surface area contributed by atoms with E-state index >= 15 is 0 Å². The number of Topliss-reactive ketones (excluding diaryl/α,β-unsaturated/α-hetero) is 1. The van der Waals surface area contributed by atoms with E-state index in [9.17, 15) is 19.8 Å². The van der Waals surface area contributed by atoms with Crippen molar-refractivity contribution >= 4 is 33.4 Å². The number of methoxy groups -OCH3 is 1. The molecule has 2 aliphatic rings. The van der Waals surface area contributed by atoms with E-state index in [4.69, 9.17) is 14.2 Å². The second-order valence-corrected chi connectivity index (χ2v) is 9.29. The molecule has 1 amide bonds. The third-order valence-corrected chi connectivity index (χ3v) is 7.10. The highest BCUT2D eigenvalue weighted by Crippen LogP contribution is 2.45. The first-order valence-electron chi connectivity index (χ1n) is 11.8. The number of nitrogens with zero attached hydrogens (tertiary/aromatic N) is 2. The maximum absolute atomic E-state index is 13.3. The Morgan fingerprint density at radius 3 is 2.50 bits per heavy atom. The van der Waals surface area contributed by atoms with Gasteiger partial charge in [-0.1, -0.05) is 13.8 Å². The molecule has 1 saturated heterocycles. The van der Waals surface area contributed by atoms with Crippen LogP contribution in [-0.4, -0.2) is 78.2 Å². The first-order valence-corrected chi connectivity index (χ1v) is 12.6. The Morgan fingerprint density at radius 1 is 1.14 bits per heavy atom. The number of hydrogen-bond donors (Lipinski definition) is 2. The third-order valence-electron chi connectivity index (χ3n) is 6.49. The van der Waals surface area contributed by atoms with E-state index in [-0.39, 0.29) is 29.4 Å². The number of carbonyl (C=O) groups excluding carboxylic acids is 2. The van der Waals surface area contributed by atoms with Crippen LogP contribution in [0.3, 0.4) is 0 Å². The Labute approximate surface area is 218 Å². The van der Waals surface area contributed by atoms with Crippen LogP contribution in [0.1, 0.15) is 31.0 Å². The summed E-state index contributed by atoms with van der Waals surface area (Å²) in [6.07, 6.45) is 0. The van der Waals surface area contributed by atoms with E-state index in [1.165, 1.54) is 12.0 Å². The molecule has 2 N–H and O–H groups in total. The van der Waals surface area contributed by atoms with Crippen molar-refractivity contribution < 1.29 is 34.0 Å². The van der Waals surface area contributed by atoms with Gasteiger partial charge in [-0.05, 0) is 64.9 Å². The van der Waals surface area contributed by atoms with Crippen LogP contribution in [-0.2, 0) is 9.59 Å².